The highest BCUT2D eigenvalue weighted by molar-refractivity contribution is 6.65. The summed E-state index contributed by atoms with van der Waals surface area (Å²) in [7, 11) is 3.78. The Morgan fingerprint density at radius 1 is 1.06 bits per heavy atom. The summed E-state index contributed by atoms with van der Waals surface area (Å²) >= 11 is 0. The van der Waals surface area contributed by atoms with Crippen LogP contribution in [-0.4, -0.2) is 52.8 Å². The van der Waals surface area contributed by atoms with Crippen LogP contribution < -0.4 is 5.73 Å². The van der Waals surface area contributed by atoms with Crippen LogP contribution >= 0.6 is 0 Å². The van der Waals surface area contributed by atoms with Crippen LogP contribution in [0.4, 0.5) is 0 Å². The van der Waals surface area contributed by atoms with E-state index in [0.717, 1.165) is 19.0 Å². The van der Waals surface area contributed by atoms with Crippen molar-refractivity contribution >= 4 is 17.8 Å². The van der Waals surface area contributed by atoms with Gasteiger partial charge in [0.25, 0.3) is 0 Å². The second kappa shape index (κ2) is 11.7. The molecular weight excluding hydrogens is 242 g/mol. The molecular formula is C9H27NO4Si2. The van der Waals surface area contributed by atoms with Gasteiger partial charge in [-0.1, -0.05) is 0 Å². The quantitative estimate of drug-likeness (QED) is 0.694. The summed E-state index contributed by atoms with van der Waals surface area (Å²) in [6.07, 6.45) is 0.990. The first-order chi connectivity index (χ1) is 7.49. The predicted octanol–water partition coefficient (Wildman–Crippen LogP) is 0.829. The topological polar surface area (TPSA) is 62.9 Å². The van der Waals surface area contributed by atoms with E-state index in [9.17, 15) is 0 Å². The highest BCUT2D eigenvalue weighted by Gasteiger charge is 2.27. The molecule has 0 bridgehead atoms. The van der Waals surface area contributed by atoms with Crippen LogP contribution in [0.5, 0.6) is 0 Å². The number of rotatable bonds is 7. The molecule has 0 aliphatic heterocycles. The van der Waals surface area contributed by atoms with Gasteiger partial charge in [-0.2, -0.15) is 0 Å². The minimum absolute atomic E-state index is 0.718. The van der Waals surface area contributed by atoms with Crippen molar-refractivity contribution < 1.29 is 17.7 Å². The van der Waals surface area contributed by atoms with E-state index in [4.69, 9.17) is 23.4 Å². The molecule has 0 spiro atoms. The van der Waals surface area contributed by atoms with E-state index < -0.39 is 17.8 Å². The summed E-state index contributed by atoms with van der Waals surface area (Å²) in [6, 6.07) is 0.983. The van der Waals surface area contributed by atoms with E-state index in [1.54, 1.807) is 28.4 Å². The lowest BCUT2D eigenvalue weighted by molar-refractivity contribution is 0.249. The molecule has 0 amide bonds. The van der Waals surface area contributed by atoms with Crippen molar-refractivity contribution in [1.29, 1.82) is 0 Å². The standard InChI is InChI=1S/C6H17NO2Si.C3H10O2Si/c1-8-10(3,9-2)6-4-5-7;1-4-6(3)5-2/h4-7H2,1-3H3;6H,1-3H3. The normalized spacial score (nSPS) is 11.2. The SMILES string of the molecule is CO[SiH](C)OC.CO[Si](C)(CCCN)OC. The van der Waals surface area contributed by atoms with Crippen molar-refractivity contribution in [3.8, 4) is 0 Å². The lowest BCUT2D eigenvalue weighted by Gasteiger charge is -2.21. The van der Waals surface area contributed by atoms with Crippen molar-refractivity contribution in [1.82, 2.24) is 0 Å². The van der Waals surface area contributed by atoms with Crippen LogP contribution in [0.25, 0.3) is 0 Å². The molecule has 0 aliphatic carbocycles. The molecule has 0 aromatic carbocycles. The number of hydrogen-bond acceptors (Lipinski definition) is 5. The molecule has 0 aliphatic rings. The monoisotopic (exact) mass is 269 g/mol. The molecule has 0 heterocycles. The fourth-order valence-electron chi connectivity index (χ4n) is 0.807. The smallest absolute Gasteiger partial charge is 0.334 e. The molecule has 2 N–H and O–H groups in total. The first-order valence-electron chi connectivity index (χ1n) is 5.35. The molecule has 0 saturated carbocycles. The van der Waals surface area contributed by atoms with Crippen LogP contribution in [-0.2, 0) is 17.7 Å². The van der Waals surface area contributed by atoms with E-state index in [1.807, 2.05) is 13.1 Å². The molecule has 7 heteroatoms. The molecule has 5 nitrogen and oxygen atoms in total. The fourth-order valence-corrected chi connectivity index (χ4v) is 2.42. The largest absolute Gasteiger partial charge is 0.400 e. The fraction of sp³-hybridized carbons (Fsp3) is 1.00. The van der Waals surface area contributed by atoms with Crippen LogP contribution in [0, 0.1) is 0 Å². The summed E-state index contributed by atoms with van der Waals surface area (Å²) in [6.45, 7) is 4.73. The van der Waals surface area contributed by atoms with Crippen molar-refractivity contribution in [2.75, 3.05) is 35.0 Å². The molecule has 0 unspecified atom stereocenters. The zero-order valence-electron chi connectivity index (χ0n) is 11.4. The van der Waals surface area contributed by atoms with Crippen molar-refractivity contribution in [3.05, 3.63) is 0 Å². The summed E-state index contributed by atoms with van der Waals surface area (Å²) in [5, 5.41) is 0. The maximum absolute atomic E-state index is 5.36. The summed E-state index contributed by atoms with van der Waals surface area (Å²) in [5.41, 5.74) is 5.36. The molecule has 0 fully saturated rings. The van der Waals surface area contributed by atoms with Crippen LogP contribution in [0.2, 0.25) is 19.1 Å². The Kier molecular flexibility index (Phi) is 13.6. The van der Waals surface area contributed by atoms with Gasteiger partial charge in [0.2, 0.25) is 0 Å². The zero-order valence-corrected chi connectivity index (χ0v) is 13.6. The van der Waals surface area contributed by atoms with Gasteiger partial charge in [0.15, 0.2) is 0 Å². The summed E-state index contributed by atoms with van der Waals surface area (Å²) in [4.78, 5) is 0. The first kappa shape index (κ1) is 18.6. The molecule has 16 heavy (non-hydrogen) atoms. The Hall–Kier alpha value is 0.234. The molecule has 100 valence electrons. The Morgan fingerprint density at radius 2 is 1.50 bits per heavy atom. The third-order valence-corrected chi connectivity index (χ3v) is 6.68. The molecule has 0 saturated heterocycles. The average Bonchev–Trinajstić information content (AvgIpc) is 2.35. The Balaban J connectivity index is 0. The van der Waals surface area contributed by atoms with Gasteiger partial charge >= 0.3 is 17.8 Å². The zero-order chi connectivity index (χ0) is 13.0. The third-order valence-electron chi connectivity index (χ3n) is 2.36. The van der Waals surface area contributed by atoms with Crippen molar-refractivity contribution in [2.45, 2.75) is 25.6 Å². The van der Waals surface area contributed by atoms with E-state index in [2.05, 4.69) is 0 Å². The van der Waals surface area contributed by atoms with Gasteiger partial charge in [-0.15, -0.1) is 0 Å². The van der Waals surface area contributed by atoms with E-state index in [1.165, 1.54) is 0 Å². The lowest BCUT2D eigenvalue weighted by Crippen LogP contribution is -2.36. The molecule has 0 atom stereocenters. The lowest BCUT2D eigenvalue weighted by atomic mass is 10.5. The predicted molar refractivity (Wildman–Crippen MR) is 71.1 cm³/mol. The summed E-state index contributed by atoms with van der Waals surface area (Å²) in [5.74, 6) is 0. The highest BCUT2D eigenvalue weighted by atomic mass is 28.4. The van der Waals surface area contributed by atoms with Gasteiger partial charge < -0.3 is 23.4 Å². The highest BCUT2D eigenvalue weighted by Crippen LogP contribution is 2.12. The molecule has 0 aromatic rings. The third kappa shape index (κ3) is 10.7. The molecule has 0 rings (SSSR count). The second-order valence-electron chi connectivity index (χ2n) is 3.47. The Labute approximate surface area is 102 Å². The van der Waals surface area contributed by atoms with Gasteiger partial charge in [-0.25, -0.2) is 0 Å². The second-order valence-corrected chi connectivity index (χ2v) is 9.14. The Bertz CT molecular complexity index is 143. The van der Waals surface area contributed by atoms with Gasteiger partial charge in [0.05, 0.1) is 0 Å². The Morgan fingerprint density at radius 3 is 1.69 bits per heavy atom. The summed E-state index contributed by atoms with van der Waals surface area (Å²) < 4.78 is 20.1. The minimum atomic E-state index is -1.80. The molecule has 0 aromatic heterocycles. The van der Waals surface area contributed by atoms with Crippen molar-refractivity contribution in [3.63, 3.8) is 0 Å². The maximum Gasteiger partial charge on any atom is 0.334 e. The maximum atomic E-state index is 5.36. The van der Waals surface area contributed by atoms with E-state index >= 15 is 0 Å². The van der Waals surface area contributed by atoms with Gasteiger partial charge in [0, 0.05) is 28.4 Å². The average molecular weight is 269 g/mol. The van der Waals surface area contributed by atoms with Crippen LogP contribution in [0.15, 0.2) is 0 Å². The van der Waals surface area contributed by atoms with Gasteiger partial charge in [0.1, 0.15) is 0 Å². The van der Waals surface area contributed by atoms with Gasteiger partial charge in [-0.05, 0) is 32.1 Å². The number of nitrogens with two attached hydrogens (primary N) is 1. The van der Waals surface area contributed by atoms with Crippen LogP contribution in [0.3, 0.4) is 0 Å². The first-order valence-corrected chi connectivity index (χ1v) is 9.97. The van der Waals surface area contributed by atoms with Gasteiger partial charge in [-0.3, -0.25) is 0 Å². The van der Waals surface area contributed by atoms with Crippen molar-refractivity contribution in [2.24, 2.45) is 5.73 Å². The van der Waals surface area contributed by atoms with Crippen LogP contribution in [0.1, 0.15) is 6.42 Å². The van der Waals surface area contributed by atoms with E-state index in [-0.39, 0.29) is 0 Å². The number of hydrogen-bond donors (Lipinski definition) is 1. The van der Waals surface area contributed by atoms with E-state index in [0.29, 0.717) is 0 Å². The minimum Gasteiger partial charge on any atom is -0.400 e. The molecule has 0 radical (unpaired) electrons.